The number of amides is 1. The highest BCUT2D eigenvalue weighted by molar-refractivity contribution is 7.92. The van der Waals surface area contributed by atoms with Crippen LogP contribution in [0.1, 0.15) is 18.2 Å². The zero-order valence-electron chi connectivity index (χ0n) is 20.8. The minimum atomic E-state index is -4.10. The number of carbonyl (C=O) groups excluding carboxylic acids is 1. The number of nitrogens with zero attached hydrogens (tertiary/aromatic N) is 4. The molecule has 0 fully saturated rings. The summed E-state index contributed by atoms with van der Waals surface area (Å²) >= 11 is 6.32. The first kappa shape index (κ1) is 26.9. The van der Waals surface area contributed by atoms with Gasteiger partial charge in [-0.15, -0.1) is 0 Å². The zero-order valence-corrected chi connectivity index (χ0v) is 22.4. The van der Waals surface area contributed by atoms with E-state index in [4.69, 9.17) is 16.3 Å². The summed E-state index contributed by atoms with van der Waals surface area (Å²) in [5.41, 5.74) is 4.70. The zero-order chi connectivity index (χ0) is 27.1. The fourth-order valence-corrected chi connectivity index (χ4v) is 5.46. The number of sulfonamides is 1. The summed E-state index contributed by atoms with van der Waals surface area (Å²) in [4.78, 5) is 13.0. The van der Waals surface area contributed by atoms with Crippen molar-refractivity contribution in [2.45, 2.75) is 18.7 Å². The van der Waals surface area contributed by atoms with E-state index in [1.54, 1.807) is 54.1 Å². The number of ether oxygens (including phenoxy) is 1. The van der Waals surface area contributed by atoms with Crippen molar-refractivity contribution in [1.29, 1.82) is 0 Å². The molecule has 11 heteroatoms. The fraction of sp³-hybridized carbons (Fsp3) is 0.148. The lowest BCUT2D eigenvalue weighted by molar-refractivity contribution is -0.119. The average molecular weight is 552 g/mol. The van der Waals surface area contributed by atoms with E-state index in [0.717, 1.165) is 15.7 Å². The summed E-state index contributed by atoms with van der Waals surface area (Å²) in [6.07, 6.45) is 1.38. The Morgan fingerprint density at radius 1 is 1.05 bits per heavy atom. The van der Waals surface area contributed by atoms with E-state index in [1.807, 2.05) is 37.3 Å². The van der Waals surface area contributed by atoms with Crippen molar-refractivity contribution in [2.24, 2.45) is 5.10 Å². The molecule has 3 aromatic carbocycles. The molecule has 0 saturated heterocycles. The largest absolute Gasteiger partial charge is 0.492 e. The van der Waals surface area contributed by atoms with Crippen LogP contribution in [0.4, 0.5) is 5.69 Å². The highest BCUT2D eigenvalue weighted by Gasteiger charge is 2.29. The Bertz CT molecular complexity index is 1540. The maximum absolute atomic E-state index is 13.6. The van der Waals surface area contributed by atoms with Crippen LogP contribution in [0, 0.1) is 6.92 Å². The van der Waals surface area contributed by atoms with Gasteiger partial charge in [0.25, 0.3) is 15.9 Å². The van der Waals surface area contributed by atoms with Crippen molar-refractivity contribution >= 4 is 39.4 Å². The maximum Gasteiger partial charge on any atom is 0.264 e. The summed E-state index contributed by atoms with van der Waals surface area (Å²) in [5, 5.41) is 8.56. The summed E-state index contributed by atoms with van der Waals surface area (Å²) in [5.74, 6) is -0.321. The molecule has 1 N–H and O–H groups in total. The highest BCUT2D eigenvalue weighted by Crippen LogP contribution is 2.32. The molecule has 196 valence electrons. The van der Waals surface area contributed by atoms with Crippen LogP contribution in [0.2, 0.25) is 5.15 Å². The molecular weight excluding hydrogens is 526 g/mol. The van der Waals surface area contributed by atoms with Crippen molar-refractivity contribution in [3.05, 3.63) is 101 Å². The third-order valence-corrected chi connectivity index (χ3v) is 7.61. The average Bonchev–Trinajstić information content (AvgIpc) is 3.22. The second-order valence-corrected chi connectivity index (χ2v) is 10.3. The molecule has 4 aromatic rings. The first-order valence-corrected chi connectivity index (χ1v) is 13.6. The van der Waals surface area contributed by atoms with Gasteiger partial charge in [-0.2, -0.15) is 10.2 Å². The Morgan fingerprint density at radius 3 is 2.37 bits per heavy atom. The molecule has 0 saturated carbocycles. The molecule has 1 aromatic heterocycles. The second kappa shape index (κ2) is 11.9. The minimum Gasteiger partial charge on any atom is -0.492 e. The molecule has 0 aliphatic rings. The first-order valence-electron chi connectivity index (χ1n) is 11.7. The van der Waals surface area contributed by atoms with E-state index in [2.05, 4.69) is 15.6 Å². The lowest BCUT2D eigenvalue weighted by atomic mass is 10.2. The highest BCUT2D eigenvalue weighted by atomic mass is 35.5. The van der Waals surface area contributed by atoms with Crippen LogP contribution in [0.3, 0.4) is 0 Å². The molecule has 0 radical (unpaired) electrons. The number of carbonyl (C=O) groups is 1. The number of aromatic nitrogens is 2. The Kier molecular flexibility index (Phi) is 8.45. The molecule has 1 amide bonds. The third kappa shape index (κ3) is 5.87. The Balaban J connectivity index is 1.58. The normalized spacial score (nSPS) is 11.4. The van der Waals surface area contributed by atoms with Crippen LogP contribution >= 0.6 is 11.6 Å². The van der Waals surface area contributed by atoms with Gasteiger partial charge in [0.05, 0.1) is 40.3 Å². The number of anilines is 1. The number of hydrogen-bond donors (Lipinski definition) is 1. The van der Waals surface area contributed by atoms with E-state index < -0.39 is 22.5 Å². The lowest BCUT2D eigenvalue weighted by Crippen LogP contribution is -2.39. The van der Waals surface area contributed by atoms with Gasteiger partial charge in [0.2, 0.25) is 0 Å². The molecule has 0 spiro atoms. The van der Waals surface area contributed by atoms with Crippen LogP contribution in [-0.2, 0) is 14.8 Å². The molecule has 4 rings (SSSR count). The van der Waals surface area contributed by atoms with Crippen molar-refractivity contribution < 1.29 is 17.9 Å². The van der Waals surface area contributed by atoms with Gasteiger partial charge in [-0.1, -0.05) is 60.1 Å². The number of benzene rings is 3. The predicted octanol–water partition coefficient (Wildman–Crippen LogP) is 4.58. The smallest absolute Gasteiger partial charge is 0.264 e. The number of hydrogen-bond acceptors (Lipinski definition) is 6. The number of rotatable bonds is 10. The topological polar surface area (TPSA) is 106 Å². The van der Waals surface area contributed by atoms with Gasteiger partial charge in [-0.3, -0.25) is 9.10 Å². The van der Waals surface area contributed by atoms with Gasteiger partial charge in [0, 0.05) is 0 Å². The van der Waals surface area contributed by atoms with Crippen molar-refractivity contribution in [3.63, 3.8) is 0 Å². The molecule has 0 aliphatic carbocycles. The SMILES string of the molecule is CCOc1ccccc1N(CC(=O)N/N=C\c1c(Cl)nn(-c2ccccc2)c1C)S(=O)(=O)c1ccccc1. The fourth-order valence-electron chi connectivity index (χ4n) is 3.74. The number of para-hydroxylation sites is 3. The van der Waals surface area contributed by atoms with E-state index in [-0.39, 0.29) is 15.7 Å². The molecule has 9 nitrogen and oxygen atoms in total. The minimum absolute atomic E-state index is 0.0401. The standard InChI is InChI=1S/C27H26ClN5O4S/c1-3-37-25-17-11-10-16-24(25)32(38(35,36)22-14-8-5-9-15-22)19-26(34)30-29-18-23-20(2)33(31-27(23)28)21-12-6-4-7-13-21/h4-18H,3,19H2,1-2H3,(H,30,34)/b29-18-. The summed E-state index contributed by atoms with van der Waals surface area (Å²) < 4.78 is 35.5. The first-order chi connectivity index (χ1) is 18.3. The van der Waals surface area contributed by atoms with E-state index in [1.165, 1.54) is 18.3 Å². The van der Waals surface area contributed by atoms with Gasteiger partial charge in [-0.05, 0) is 50.2 Å². The molecule has 0 aliphatic heterocycles. The molecular formula is C27H26ClN5O4S. The van der Waals surface area contributed by atoms with Gasteiger partial charge in [0.1, 0.15) is 12.3 Å². The maximum atomic E-state index is 13.6. The van der Waals surface area contributed by atoms with Crippen LogP contribution in [0.5, 0.6) is 5.75 Å². The predicted molar refractivity (Wildman–Crippen MR) is 148 cm³/mol. The van der Waals surface area contributed by atoms with E-state index >= 15 is 0 Å². The van der Waals surface area contributed by atoms with E-state index in [9.17, 15) is 13.2 Å². The van der Waals surface area contributed by atoms with Crippen LogP contribution in [0.25, 0.3) is 5.69 Å². The van der Waals surface area contributed by atoms with Gasteiger partial charge in [0.15, 0.2) is 5.15 Å². The van der Waals surface area contributed by atoms with Gasteiger partial charge < -0.3 is 4.74 Å². The van der Waals surface area contributed by atoms with Gasteiger partial charge in [-0.25, -0.2) is 18.5 Å². The molecule has 0 atom stereocenters. The van der Waals surface area contributed by atoms with Crippen LogP contribution in [-0.4, -0.2) is 43.5 Å². The van der Waals surface area contributed by atoms with Crippen LogP contribution < -0.4 is 14.5 Å². The monoisotopic (exact) mass is 551 g/mol. The second-order valence-electron chi connectivity index (χ2n) is 8.06. The molecule has 38 heavy (non-hydrogen) atoms. The number of halogens is 1. The molecule has 1 heterocycles. The van der Waals surface area contributed by atoms with Crippen molar-refractivity contribution in [1.82, 2.24) is 15.2 Å². The third-order valence-electron chi connectivity index (χ3n) is 5.55. The molecule has 0 unspecified atom stereocenters. The Labute approximate surface area is 226 Å². The number of nitrogens with one attached hydrogen (secondary N) is 1. The summed E-state index contributed by atoms with van der Waals surface area (Å²) in [6.45, 7) is 3.41. The van der Waals surface area contributed by atoms with Crippen LogP contribution in [0.15, 0.2) is 94.9 Å². The summed E-state index contributed by atoms with van der Waals surface area (Å²) in [6, 6.07) is 24.0. The van der Waals surface area contributed by atoms with Gasteiger partial charge >= 0.3 is 0 Å². The van der Waals surface area contributed by atoms with E-state index in [0.29, 0.717) is 17.9 Å². The quantitative estimate of drug-likeness (QED) is 0.229. The Morgan fingerprint density at radius 2 is 1.68 bits per heavy atom. The Hall–Kier alpha value is -4.15. The number of hydrazone groups is 1. The molecule has 0 bridgehead atoms. The van der Waals surface area contributed by atoms with Crippen molar-refractivity contribution in [3.8, 4) is 11.4 Å². The van der Waals surface area contributed by atoms with Crippen molar-refractivity contribution in [2.75, 3.05) is 17.5 Å². The lowest BCUT2D eigenvalue weighted by Gasteiger charge is -2.25. The summed E-state index contributed by atoms with van der Waals surface area (Å²) in [7, 11) is -4.10.